The molecular weight excluding hydrogens is 286 g/mol. The van der Waals surface area contributed by atoms with Gasteiger partial charge in [-0.25, -0.2) is 4.98 Å². The maximum absolute atomic E-state index is 12.2. The highest BCUT2D eigenvalue weighted by Crippen LogP contribution is 2.28. The molecule has 6 heteroatoms. The van der Waals surface area contributed by atoms with E-state index < -0.39 is 0 Å². The topological polar surface area (TPSA) is 62.3 Å². The highest BCUT2D eigenvalue weighted by atomic mass is 32.1. The fourth-order valence-corrected chi connectivity index (χ4v) is 3.01. The standard InChI is InChI=1S/C15H15N3O2S/c1-10-4-2-3-5-12(10)18-9-11(8-13(18)19)14(20)17-15-16-6-7-21-15/h2-7,11H,8-9H2,1H3,(H,16,17,20)/t11-/m1/s1. The van der Waals surface area contributed by atoms with Crippen LogP contribution in [0.2, 0.25) is 0 Å². The summed E-state index contributed by atoms with van der Waals surface area (Å²) >= 11 is 1.37. The molecule has 2 heterocycles. The number of carbonyl (C=O) groups is 2. The Hall–Kier alpha value is -2.21. The van der Waals surface area contributed by atoms with Crippen LogP contribution in [0.15, 0.2) is 35.8 Å². The van der Waals surface area contributed by atoms with Crippen LogP contribution in [0.3, 0.4) is 0 Å². The number of anilines is 2. The van der Waals surface area contributed by atoms with Gasteiger partial charge in [-0.3, -0.25) is 9.59 Å². The summed E-state index contributed by atoms with van der Waals surface area (Å²) in [5.41, 5.74) is 1.92. The first kappa shape index (κ1) is 13.8. The Kier molecular flexibility index (Phi) is 3.70. The predicted octanol–water partition coefficient (Wildman–Crippen LogP) is 2.44. The Balaban J connectivity index is 1.73. The van der Waals surface area contributed by atoms with Crippen molar-refractivity contribution < 1.29 is 9.59 Å². The maximum Gasteiger partial charge on any atom is 0.231 e. The molecule has 1 aromatic carbocycles. The van der Waals surface area contributed by atoms with Gasteiger partial charge in [0.25, 0.3) is 0 Å². The number of thiazole rings is 1. The number of nitrogens with zero attached hydrogens (tertiary/aromatic N) is 2. The van der Waals surface area contributed by atoms with E-state index >= 15 is 0 Å². The lowest BCUT2D eigenvalue weighted by Crippen LogP contribution is -2.28. The van der Waals surface area contributed by atoms with Crippen LogP contribution in [-0.4, -0.2) is 23.3 Å². The summed E-state index contributed by atoms with van der Waals surface area (Å²) in [6, 6.07) is 7.71. The van der Waals surface area contributed by atoms with E-state index in [9.17, 15) is 9.59 Å². The minimum absolute atomic E-state index is 0.0106. The van der Waals surface area contributed by atoms with Gasteiger partial charge < -0.3 is 10.2 Å². The van der Waals surface area contributed by atoms with Gasteiger partial charge in [-0.1, -0.05) is 18.2 Å². The summed E-state index contributed by atoms with van der Waals surface area (Å²) < 4.78 is 0. The molecule has 1 N–H and O–H groups in total. The predicted molar refractivity (Wildman–Crippen MR) is 82.4 cm³/mol. The Morgan fingerprint density at radius 3 is 2.95 bits per heavy atom. The molecule has 0 unspecified atom stereocenters. The monoisotopic (exact) mass is 301 g/mol. The second-order valence-electron chi connectivity index (χ2n) is 5.02. The summed E-state index contributed by atoms with van der Waals surface area (Å²) in [7, 11) is 0. The molecule has 108 valence electrons. The summed E-state index contributed by atoms with van der Waals surface area (Å²) in [6.07, 6.45) is 1.88. The van der Waals surface area contributed by atoms with Crippen molar-refractivity contribution in [3.8, 4) is 0 Å². The summed E-state index contributed by atoms with van der Waals surface area (Å²) in [5.74, 6) is -0.487. The van der Waals surface area contributed by atoms with Gasteiger partial charge in [0.1, 0.15) is 0 Å². The van der Waals surface area contributed by atoms with E-state index in [1.165, 1.54) is 11.3 Å². The zero-order valence-corrected chi connectivity index (χ0v) is 12.4. The highest BCUT2D eigenvalue weighted by molar-refractivity contribution is 7.13. The molecule has 1 aromatic heterocycles. The van der Waals surface area contributed by atoms with Crippen molar-refractivity contribution in [3.05, 3.63) is 41.4 Å². The smallest absolute Gasteiger partial charge is 0.231 e. The van der Waals surface area contributed by atoms with E-state index in [0.29, 0.717) is 11.7 Å². The first-order valence-corrected chi connectivity index (χ1v) is 7.59. The lowest BCUT2D eigenvalue weighted by atomic mass is 10.1. The van der Waals surface area contributed by atoms with Crippen LogP contribution in [0.5, 0.6) is 0 Å². The fraction of sp³-hybridized carbons (Fsp3) is 0.267. The van der Waals surface area contributed by atoms with Crippen LogP contribution in [-0.2, 0) is 9.59 Å². The summed E-state index contributed by atoms with van der Waals surface area (Å²) in [5, 5.41) is 5.13. The molecule has 0 radical (unpaired) electrons. The normalized spacial score (nSPS) is 18.0. The number of hydrogen-bond donors (Lipinski definition) is 1. The van der Waals surface area contributed by atoms with Gasteiger partial charge in [-0.05, 0) is 18.6 Å². The first-order valence-electron chi connectivity index (χ1n) is 6.71. The van der Waals surface area contributed by atoms with Crippen molar-refractivity contribution in [2.45, 2.75) is 13.3 Å². The van der Waals surface area contributed by atoms with Crippen molar-refractivity contribution in [2.24, 2.45) is 5.92 Å². The van der Waals surface area contributed by atoms with Gasteiger partial charge >= 0.3 is 0 Å². The van der Waals surface area contributed by atoms with E-state index in [4.69, 9.17) is 0 Å². The fourth-order valence-electron chi connectivity index (χ4n) is 2.47. The highest BCUT2D eigenvalue weighted by Gasteiger charge is 2.35. The molecule has 2 amide bonds. The minimum Gasteiger partial charge on any atom is -0.311 e. The Morgan fingerprint density at radius 2 is 2.24 bits per heavy atom. The van der Waals surface area contributed by atoms with Gasteiger partial charge in [-0.2, -0.15) is 0 Å². The number of aryl methyl sites for hydroxylation is 1. The number of amides is 2. The van der Waals surface area contributed by atoms with Gasteiger partial charge in [0.15, 0.2) is 5.13 Å². The molecule has 5 nitrogen and oxygen atoms in total. The average molecular weight is 301 g/mol. The maximum atomic E-state index is 12.2. The third-order valence-electron chi connectivity index (χ3n) is 3.56. The van der Waals surface area contributed by atoms with E-state index in [2.05, 4.69) is 10.3 Å². The molecule has 1 fully saturated rings. The number of carbonyl (C=O) groups excluding carboxylic acids is 2. The van der Waals surface area contributed by atoms with Crippen LogP contribution in [0.4, 0.5) is 10.8 Å². The Bertz CT molecular complexity index is 669. The SMILES string of the molecule is Cc1ccccc1N1C[C@H](C(=O)Nc2nccs2)CC1=O. The first-order chi connectivity index (χ1) is 10.1. The van der Waals surface area contributed by atoms with Crippen LogP contribution in [0.1, 0.15) is 12.0 Å². The molecule has 0 bridgehead atoms. The van der Waals surface area contributed by atoms with E-state index in [1.807, 2.05) is 31.2 Å². The van der Waals surface area contributed by atoms with Gasteiger partial charge in [0.2, 0.25) is 11.8 Å². The molecule has 1 aliphatic heterocycles. The number of nitrogens with one attached hydrogen (secondary N) is 1. The van der Waals surface area contributed by atoms with Gasteiger partial charge in [-0.15, -0.1) is 11.3 Å². The number of para-hydroxylation sites is 1. The van der Waals surface area contributed by atoms with Crippen LogP contribution in [0.25, 0.3) is 0 Å². The largest absolute Gasteiger partial charge is 0.311 e. The third kappa shape index (κ3) is 2.80. The van der Waals surface area contributed by atoms with Crippen LogP contribution >= 0.6 is 11.3 Å². The van der Waals surface area contributed by atoms with Crippen molar-refractivity contribution in [2.75, 3.05) is 16.8 Å². The van der Waals surface area contributed by atoms with Crippen molar-refractivity contribution in [1.29, 1.82) is 0 Å². The number of aromatic nitrogens is 1. The van der Waals surface area contributed by atoms with Gasteiger partial charge in [0.05, 0.1) is 5.92 Å². The van der Waals surface area contributed by atoms with Crippen LogP contribution in [0, 0.1) is 12.8 Å². The number of rotatable bonds is 3. The molecule has 2 aromatic rings. The van der Waals surface area contributed by atoms with Crippen molar-refractivity contribution in [3.63, 3.8) is 0 Å². The quantitative estimate of drug-likeness (QED) is 0.947. The van der Waals surface area contributed by atoms with E-state index in [-0.39, 0.29) is 24.2 Å². The molecular formula is C15H15N3O2S. The molecule has 0 saturated carbocycles. The van der Waals surface area contributed by atoms with Crippen molar-refractivity contribution in [1.82, 2.24) is 4.98 Å². The van der Waals surface area contributed by atoms with Crippen molar-refractivity contribution >= 4 is 34.0 Å². The van der Waals surface area contributed by atoms with Gasteiger partial charge in [0, 0.05) is 30.2 Å². The second kappa shape index (κ2) is 5.65. The lowest BCUT2D eigenvalue weighted by Gasteiger charge is -2.18. The zero-order valence-electron chi connectivity index (χ0n) is 11.6. The Morgan fingerprint density at radius 1 is 1.43 bits per heavy atom. The van der Waals surface area contributed by atoms with E-state index in [1.54, 1.807) is 16.5 Å². The Labute approximate surface area is 126 Å². The number of benzene rings is 1. The molecule has 1 atom stereocenters. The molecule has 21 heavy (non-hydrogen) atoms. The third-order valence-corrected chi connectivity index (χ3v) is 4.25. The molecule has 1 aliphatic rings. The van der Waals surface area contributed by atoms with Crippen LogP contribution < -0.4 is 10.2 Å². The molecule has 3 rings (SSSR count). The molecule has 0 aliphatic carbocycles. The zero-order chi connectivity index (χ0) is 14.8. The minimum atomic E-state index is -0.332. The van der Waals surface area contributed by atoms with E-state index in [0.717, 1.165) is 11.3 Å². The summed E-state index contributed by atoms with van der Waals surface area (Å²) in [4.78, 5) is 30.1. The molecule has 0 spiro atoms. The second-order valence-corrected chi connectivity index (χ2v) is 5.91. The lowest BCUT2D eigenvalue weighted by molar-refractivity contribution is -0.122. The average Bonchev–Trinajstić information content (AvgIpc) is 3.09. The molecule has 1 saturated heterocycles. The summed E-state index contributed by atoms with van der Waals surface area (Å²) in [6.45, 7) is 2.38. The number of hydrogen-bond acceptors (Lipinski definition) is 4.